The molecule has 0 amide bonds. The number of pyridine rings is 1. The summed E-state index contributed by atoms with van der Waals surface area (Å²) in [5.41, 5.74) is 5.67. The number of aromatic nitrogens is 1. The van der Waals surface area contributed by atoms with E-state index in [-0.39, 0.29) is 11.3 Å². The van der Waals surface area contributed by atoms with Gasteiger partial charge in [0.15, 0.2) is 0 Å². The summed E-state index contributed by atoms with van der Waals surface area (Å²) >= 11 is 0. The fraction of sp³-hybridized carbons (Fsp3) is 0.455. The molecule has 1 aromatic heterocycles. The van der Waals surface area contributed by atoms with E-state index in [0.717, 1.165) is 6.42 Å². The smallest absolute Gasteiger partial charge is 0.312 e. The number of anilines is 1. The number of nitro groups is 1. The van der Waals surface area contributed by atoms with Gasteiger partial charge in [-0.2, -0.15) is 5.26 Å². The van der Waals surface area contributed by atoms with Crippen LogP contribution in [0.5, 0.6) is 0 Å². The maximum atomic E-state index is 11.0. The summed E-state index contributed by atoms with van der Waals surface area (Å²) in [6.45, 7) is 1.96. The van der Waals surface area contributed by atoms with E-state index in [2.05, 4.69) is 4.98 Å². The standard InChI is InChI=1S/C11H13N5O2/c12-4-8-1-2-15(7-8)11-10(16(17)18)3-9(5-13)6-14-11/h3,6,8H,1-2,4,7,12H2. The van der Waals surface area contributed by atoms with E-state index in [1.54, 1.807) is 0 Å². The Kier molecular flexibility index (Phi) is 3.39. The lowest BCUT2D eigenvalue weighted by Gasteiger charge is -2.16. The molecule has 2 heterocycles. The van der Waals surface area contributed by atoms with Gasteiger partial charge in [0.25, 0.3) is 0 Å². The van der Waals surface area contributed by atoms with Crippen LogP contribution in [0.2, 0.25) is 0 Å². The predicted molar refractivity (Wildman–Crippen MR) is 65.0 cm³/mol. The minimum Gasteiger partial charge on any atom is -0.351 e. The SMILES string of the molecule is N#Cc1cnc(N2CCC(CN)C2)c([N+](=O)[O-])c1. The second kappa shape index (κ2) is 4.98. The van der Waals surface area contributed by atoms with E-state index >= 15 is 0 Å². The Labute approximate surface area is 104 Å². The lowest BCUT2D eigenvalue weighted by molar-refractivity contribution is -0.384. The Morgan fingerprint density at radius 3 is 3.06 bits per heavy atom. The van der Waals surface area contributed by atoms with E-state index in [0.29, 0.717) is 31.4 Å². The average Bonchev–Trinajstić information content (AvgIpc) is 2.86. The molecule has 1 aromatic rings. The maximum Gasteiger partial charge on any atom is 0.312 e. The van der Waals surface area contributed by atoms with Crippen molar-refractivity contribution in [2.24, 2.45) is 11.7 Å². The van der Waals surface area contributed by atoms with Crippen LogP contribution in [0.4, 0.5) is 11.5 Å². The van der Waals surface area contributed by atoms with Gasteiger partial charge in [-0.3, -0.25) is 10.1 Å². The zero-order chi connectivity index (χ0) is 13.1. The normalized spacial score (nSPS) is 18.7. The lowest BCUT2D eigenvalue weighted by Crippen LogP contribution is -2.24. The van der Waals surface area contributed by atoms with Gasteiger partial charge in [0.05, 0.1) is 10.5 Å². The molecular formula is C11H13N5O2. The molecule has 1 aliphatic rings. The molecule has 0 radical (unpaired) electrons. The molecule has 0 aromatic carbocycles. The van der Waals surface area contributed by atoms with Crippen molar-refractivity contribution in [1.82, 2.24) is 4.98 Å². The monoisotopic (exact) mass is 247 g/mol. The Balaban J connectivity index is 2.33. The second-order valence-corrected chi connectivity index (χ2v) is 4.27. The Morgan fingerprint density at radius 2 is 2.50 bits per heavy atom. The molecule has 94 valence electrons. The highest BCUT2D eigenvalue weighted by Gasteiger charge is 2.28. The predicted octanol–water partition coefficient (Wildman–Crippen LogP) is 0.646. The highest BCUT2D eigenvalue weighted by atomic mass is 16.6. The van der Waals surface area contributed by atoms with Gasteiger partial charge >= 0.3 is 5.69 Å². The summed E-state index contributed by atoms with van der Waals surface area (Å²) in [7, 11) is 0. The third-order valence-corrected chi connectivity index (χ3v) is 3.09. The highest BCUT2D eigenvalue weighted by Crippen LogP contribution is 2.30. The number of nitriles is 1. The molecular weight excluding hydrogens is 234 g/mol. The molecule has 1 unspecified atom stereocenters. The summed E-state index contributed by atoms with van der Waals surface area (Å²) in [5, 5.41) is 19.7. The van der Waals surface area contributed by atoms with Crippen molar-refractivity contribution in [1.29, 1.82) is 5.26 Å². The highest BCUT2D eigenvalue weighted by molar-refractivity contribution is 5.60. The van der Waals surface area contributed by atoms with Gasteiger partial charge in [0, 0.05) is 25.4 Å². The van der Waals surface area contributed by atoms with Gasteiger partial charge in [-0.1, -0.05) is 0 Å². The second-order valence-electron chi connectivity index (χ2n) is 4.27. The summed E-state index contributed by atoms with van der Waals surface area (Å²) in [5.74, 6) is 0.678. The van der Waals surface area contributed by atoms with Crippen LogP contribution in [0.15, 0.2) is 12.3 Å². The van der Waals surface area contributed by atoms with Crippen LogP contribution < -0.4 is 10.6 Å². The maximum absolute atomic E-state index is 11.0. The molecule has 0 bridgehead atoms. The van der Waals surface area contributed by atoms with E-state index < -0.39 is 4.92 Å². The fourth-order valence-corrected chi connectivity index (χ4v) is 2.10. The molecule has 18 heavy (non-hydrogen) atoms. The summed E-state index contributed by atoms with van der Waals surface area (Å²) < 4.78 is 0. The molecule has 1 saturated heterocycles. The summed E-state index contributed by atoms with van der Waals surface area (Å²) in [4.78, 5) is 16.4. The van der Waals surface area contributed by atoms with Crippen molar-refractivity contribution < 1.29 is 4.92 Å². The summed E-state index contributed by atoms with van der Waals surface area (Å²) in [6, 6.07) is 3.12. The van der Waals surface area contributed by atoms with Crippen LogP contribution in [0, 0.1) is 27.4 Å². The van der Waals surface area contributed by atoms with Crippen molar-refractivity contribution in [2.75, 3.05) is 24.5 Å². The molecule has 2 rings (SSSR count). The molecule has 0 saturated carbocycles. The number of hydrogen-bond acceptors (Lipinski definition) is 6. The first-order valence-corrected chi connectivity index (χ1v) is 5.65. The largest absolute Gasteiger partial charge is 0.351 e. The Morgan fingerprint density at radius 1 is 1.72 bits per heavy atom. The van der Waals surface area contributed by atoms with Crippen LogP contribution in [0.25, 0.3) is 0 Å². The van der Waals surface area contributed by atoms with Crippen molar-refractivity contribution >= 4 is 11.5 Å². The average molecular weight is 247 g/mol. The van der Waals surface area contributed by atoms with Gasteiger partial charge in [0.1, 0.15) is 6.07 Å². The van der Waals surface area contributed by atoms with Gasteiger partial charge in [0.2, 0.25) is 5.82 Å². The molecule has 7 heteroatoms. The molecule has 1 aliphatic heterocycles. The minimum atomic E-state index is -0.501. The zero-order valence-electron chi connectivity index (χ0n) is 9.74. The van der Waals surface area contributed by atoms with Crippen LogP contribution in [0.1, 0.15) is 12.0 Å². The number of nitrogens with zero attached hydrogens (tertiary/aromatic N) is 4. The third-order valence-electron chi connectivity index (χ3n) is 3.09. The summed E-state index contributed by atoms with van der Waals surface area (Å²) in [6.07, 6.45) is 2.27. The minimum absolute atomic E-state index is 0.119. The van der Waals surface area contributed by atoms with E-state index in [4.69, 9.17) is 11.0 Å². The van der Waals surface area contributed by atoms with Gasteiger partial charge in [-0.05, 0) is 18.9 Å². The first-order chi connectivity index (χ1) is 8.65. The van der Waals surface area contributed by atoms with Crippen LogP contribution >= 0.6 is 0 Å². The quantitative estimate of drug-likeness (QED) is 0.620. The first kappa shape index (κ1) is 12.3. The third kappa shape index (κ3) is 2.24. The van der Waals surface area contributed by atoms with Crippen molar-refractivity contribution in [3.05, 3.63) is 27.9 Å². The zero-order valence-corrected chi connectivity index (χ0v) is 9.74. The Hall–Kier alpha value is -2.20. The molecule has 0 aliphatic carbocycles. The molecule has 0 spiro atoms. The van der Waals surface area contributed by atoms with E-state index in [1.165, 1.54) is 12.3 Å². The van der Waals surface area contributed by atoms with Crippen LogP contribution in [-0.4, -0.2) is 29.5 Å². The molecule has 2 N–H and O–H groups in total. The molecule has 7 nitrogen and oxygen atoms in total. The Bertz CT molecular complexity index is 511. The van der Waals surface area contributed by atoms with Crippen LogP contribution in [0.3, 0.4) is 0 Å². The molecule has 1 fully saturated rings. The van der Waals surface area contributed by atoms with Gasteiger partial charge < -0.3 is 10.6 Å². The first-order valence-electron chi connectivity index (χ1n) is 5.65. The van der Waals surface area contributed by atoms with E-state index in [9.17, 15) is 10.1 Å². The van der Waals surface area contributed by atoms with E-state index in [1.807, 2.05) is 11.0 Å². The van der Waals surface area contributed by atoms with Crippen molar-refractivity contribution in [3.63, 3.8) is 0 Å². The fourth-order valence-electron chi connectivity index (χ4n) is 2.10. The number of rotatable bonds is 3. The number of nitrogens with two attached hydrogens (primary N) is 1. The van der Waals surface area contributed by atoms with Crippen LogP contribution in [-0.2, 0) is 0 Å². The molecule has 1 atom stereocenters. The van der Waals surface area contributed by atoms with Gasteiger partial charge in [-0.25, -0.2) is 4.98 Å². The van der Waals surface area contributed by atoms with Crippen molar-refractivity contribution in [3.8, 4) is 6.07 Å². The van der Waals surface area contributed by atoms with Gasteiger partial charge in [-0.15, -0.1) is 0 Å². The topological polar surface area (TPSA) is 109 Å². The van der Waals surface area contributed by atoms with Crippen molar-refractivity contribution in [2.45, 2.75) is 6.42 Å². The lowest BCUT2D eigenvalue weighted by atomic mass is 10.1. The number of hydrogen-bond donors (Lipinski definition) is 1.